The molecule has 0 saturated carbocycles. The van der Waals surface area contributed by atoms with Crippen LogP contribution in [0, 0.1) is 0 Å². The highest BCUT2D eigenvalue weighted by molar-refractivity contribution is 5.92. The summed E-state index contributed by atoms with van der Waals surface area (Å²) in [4.78, 5) is 22.4. The highest BCUT2D eigenvalue weighted by Gasteiger charge is 2.77. The molecule has 6 atom stereocenters. The molecule has 0 aromatic heterocycles. The Morgan fingerprint density at radius 2 is 1.88 bits per heavy atom. The topological polar surface area (TPSA) is 170 Å². The molecular formula is C19H23F3N6O5. The van der Waals surface area contributed by atoms with Gasteiger partial charge in [0.25, 0.3) is 0 Å². The summed E-state index contributed by atoms with van der Waals surface area (Å²) in [5.74, 6) is -1.95. The van der Waals surface area contributed by atoms with Crippen LogP contribution in [0.2, 0.25) is 0 Å². The van der Waals surface area contributed by atoms with E-state index in [0.717, 1.165) is 18.2 Å². The summed E-state index contributed by atoms with van der Waals surface area (Å²) in [6.07, 6.45) is -6.32. The second-order valence-corrected chi connectivity index (χ2v) is 8.33. The van der Waals surface area contributed by atoms with Gasteiger partial charge in [0.15, 0.2) is 12.1 Å². The van der Waals surface area contributed by atoms with Crippen molar-refractivity contribution in [2.24, 2.45) is 21.5 Å². The number of aliphatic hydroxyl groups excluding tert-OH is 1. The average molecular weight is 472 g/mol. The van der Waals surface area contributed by atoms with Gasteiger partial charge in [-0.1, -0.05) is 12.1 Å². The van der Waals surface area contributed by atoms with Gasteiger partial charge in [0.2, 0.25) is 11.6 Å². The van der Waals surface area contributed by atoms with E-state index in [0.29, 0.717) is 5.06 Å². The van der Waals surface area contributed by atoms with Crippen LogP contribution in [-0.4, -0.2) is 85.4 Å². The minimum atomic E-state index is -4.82. The molecule has 4 rings (SSSR count). The van der Waals surface area contributed by atoms with Crippen LogP contribution in [0.25, 0.3) is 0 Å². The summed E-state index contributed by atoms with van der Waals surface area (Å²) in [6.45, 7) is 2.14. The molecule has 7 N–H and O–H groups in total. The van der Waals surface area contributed by atoms with Crippen LogP contribution in [0.3, 0.4) is 0 Å². The standard InChI is InChI=1S/C19H23F3N6O5/c1-8-13(33-14(30)9-5-3-4-6-10(9)19(20,21)22)17(2,31)18-12(26-16(24)28(18)32)11(7-29)25-15(23)27(8)18/h3-6,8,11-13,29,31-32H,7H2,1-2H3,(H2,23,25)(H2,24,26). The van der Waals surface area contributed by atoms with Crippen LogP contribution in [0.4, 0.5) is 13.2 Å². The van der Waals surface area contributed by atoms with Crippen LogP contribution >= 0.6 is 0 Å². The minimum Gasteiger partial charge on any atom is -0.453 e. The molecule has 180 valence electrons. The quantitative estimate of drug-likeness (QED) is 0.363. The number of carbonyl (C=O) groups is 1. The third-order valence-corrected chi connectivity index (χ3v) is 6.52. The number of halogens is 3. The summed E-state index contributed by atoms with van der Waals surface area (Å²) >= 11 is 0. The molecule has 3 heterocycles. The highest BCUT2D eigenvalue weighted by atomic mass is 19.4. The maximum Gasteiger partial charge on any atom is 0.417 e. The summed E-state index contributed by atoms with van der Waals surface area (Å²) in [6, 6.07) is 0.954. The van der Waals surface area contributed by atoms with Crippen molar-refractivity contribution in [1.29, 1.82) is 0 Å². The van der Waals surface area contributed by atoms with E-state index in [1.165, 1.54) is 24.8 Å². The minimum absolute atomic E-state index is 0.212. The van der Waals surface area contributed by atoms with E-state index in [4.69, 9.17) is 16.2 Å². The lowest BCUT2D eigenvalue weighted by atomic mass is 9.79. The Morgan fingerprint density at radius 3 is 2.48 bits per heavy atom. The van der Waals surface area contributed by atoms with Gasteiger partial charge < -0.3 is 31.3 Å². The molecule has 1 saturated heterocycles. The van der Waals surface area contributed by atoms with E-state index >= 15 is 0 Å². The Kier molecular flexibility index (Phi) is 5.03. The molecule has 14 heteroatoms. The van der Waals surface area contributed by atoms with Gasteiger partial charge in [-0.2, -0.15) is 18.2 Å². The predicted molar refractivity (Wildman–Crippen MR) is 107 cm³/mol. The number of guanidine groups is 2. The van der Waals surface area contributed by atoms with Crippen molar-refractivity contribution in [3.05, 3.63) is 35.4 Å². The van der Waals surface area contributed by atoms with Gasteiger partial charge in [-0.3, -0.25) is 5.21 Å². The van der Waals surface area contributed by atoms with Gasteiger partial charge in [0.05, 0.1) is 23.8 Å². The van der Waals surface area contributed by atoms with Gasteiger partial charge in [0, 0.05) is 0 Å². The SMILES string of the molecule is CC1C(OC(=O)c2ccccc2C(F)(F)F)C(C)(O)C23C(N=C(N)N2O)C(CO)N=C(N)N13. The normalized spacial score (nSPS) is 35.6. The Hall–Kier alpha value is -3.10. The predicted octanol–water partition coefficient (Wildman–Crippen LogP) is -0.540. The van der Waals surface area contributed by atoms with E-state index < -0.39 is 71.3 Å². The molecule has 0 bridgehead atoms. The Bertz CT molecular complexity index is 1050. The summed E-state index contributed by atoms with van der Waals surface area (Å²) in [5.41, 5.74) is 5.81. The first kappa shape index (κ1) is 23.1. The fourth-order valence-corrected chi connectivity index (χ4v) is 5.20. The Balaban J connectivity index is 1.78. The number of nitrogens with zero attached hydrogens (tertiary/aromatic N) is 4. The molecular weight excluding hydrogens is 449 g/mol. The van der Waals surface area contributed by atoms with Gasteiger partial charge in [-0.25, -0.2) is 14.8 Å². The highest BCUT2D eigenvalue weighted by Crippen LogP contribution is 2.53. The molecule has 1 aromatic rings. The number of aliphatic hydroxyl groups is 2. The van der Waals surface area contributed by atoms with Crippen molar-refractivity contribution in [3.63, 3.8) is 0 Å². The molecule has 0 aliphatic carbocycles. The van der Waals surface area contributed by atoms with Crippen LogP contribution in [-0.2, 0) is 10.9 Å². The first-order valence-corrected chi connectivity index (χ1v) is 9.95. The number of benzene rings is 1. The summed E-state index contributed by atoms with van der Waals surface area (Å²) < 4.78 is 45.6. The number of alkyl halides is 3. The second-order valence-electron chi connectivity index (χ2n) is 8.33. The third-order valence-electron chi connectivity index (χ3n) is 6.52. The van der Waals surface area contributed by atoms with Crippen LogP contribution in [0.15, 0.2) is 34.3 Å². The average Bonchev–Trinajstić information content (AvgIpc) is 3.11. The first-order chi connectivity index (χ1) is 15.3. The van der Waals surface area contributed by atoms with E-state index in [2.05, 4.69) is 9.98 Å². The van der Waals surface area contributed by atoms with Crippen molar-refractivity contribution < 1.29 is 38.1 Å². The number of aliphatic imine (C=N–C) groups is 2. The van der Waals surface area contributed by atoms with E-state index in [1.54, 1.807) is 0 Å². The number of ether oxygens (including phenoxy) is 1. The van der Waals surface area contributed by atoms with Crippen molar-refractivity contribution in [1.82, 2.24) is 9.96 Å². The van der Waals surface area contributed by atoms with E-state index in [1.807, 2.05) is 0 Å². The molecule has 3 aliphatic heterocycles. The Morgan fingerprint density at radius 1 is 1.24 bits per heavy atom. The number of carbonyl (C=O) groups excluding carboxylic acids is 1. The summed E-state index contributed by atoms with van der Waals surface area (Å²) in [7, 11) is 0. The summed E-state index contributed by atoms with van der Waals surface area (Å²) in [5, 5.41) is 32.8. The van der Waals surface area contributed by atoms with Crippen molar-refractivity contribution >= 4 is 17.9 Å². The van der Waals surface area contributed by atoms with Crippen LogP contribution in [0.1, 0.15) is 29.8 Å². The molecule has 0 radical (unpaired) electrons. The lowest BCUT2D eigenvalue weighted by Crippen LogP contribution is -2.77. The number of esters is 1. The van der Waals surface area contributed by atoms with Gasteiger partial charge in [-0.15, -0.1) is 0 Å². The first-order valence-electron chi connectivity index (χ1n) is 9.95. The molecule has 1 fully saturated rings. The molecule has 11 nitrogen and oxygen atoms in total. The smallest absolute Gasteiger partial charge is 0.417 e. The monoisotopic (exact) mass is 472 g/mol. The fourth-order valence-electron chi connectivity index (χ4n) is 5.20. The fraction of sp³-hybridized carbons (Fsp3) is 0.526. The zero-order valence-electron chi connectivity index (χ0n) is 17.6. The van der Waals surface area contributed by atoms with E-state index in [9.17, 15) is 33.4 Å². The zero-order chi connectivity index (χ0) is 24.5. The van der Waals surface area contributed by atoms with E-state index in [-0.39, 0.29) is 5.96 Å². The molecule has 3 aliphatic rings. The number of hydrogen-bond acceptors (Lipinski definition) is 11. The maximum absolute atomic E-state index is 13.4. The maximum atomic E-state index is 13.4. The largest absolute Gasteiger partial charge is 0.453 e. The number of rotatable bonds is 3. The van der Waals surface area contributed by atoms with Crippen molar-refractivity contribution in [2.75, 3.05) is 6.61 Å². The number of nitrogens with two attached hydrogens (primary N) is 2. The molecule has 1 spiro atoms. The van der Waals surface area contributed by atoms with Gasteiger partial charge >= 0.3 is 12.1 Å². The van der Waals surface area contributed by atoms with Gasteiger partial charge in [-0.05, 0) is 26.0 Å². The van der Waals surface area contributed by atoms with Crippen LogP contribution in [0.5, 0.6) is 0 Å². The molecule has 1 aromatic carbocycles. The molecule has 0 amide bonds. The van der Waals surface area contributed by atoms with Gasteiger partial charge in [0.1, 0.15) is 17.7 Å². The second kappa shape index (κ2) is 7.20. The van der Waals surface area contributed by atoms with Crippen molar-refractivity contribution in [3.8, 4) is 0 Å². The van der Waals surface area contributed by atoms with Crippen molar-refractivity contribution in [2.45, 2.75) is 55.5 Å². The molecule has 33 heavy (non-hydrogen) atoms. The lowest BCUT2D eigenvalue weighted by molar-refractivity contribution is -0.229. The zero-order valence-corrected chi connectivity index (χ0v) is 17.6. The third kappa shape index (κ3) is 2.90. The molecule has 6 unspecified atom stereocenters. The van der Waals surface area contributed by atoms with Crippen LogP contribution < -0.4 is 11.5 Å². The lowest BCUT2D eigenvalue weighted by Gasteiger charge is -2.52. The number of hydrogen-bond donors (Lipinski definition) is 5. The number of hydroxylamine groups is 2. The Labute approximate surface area is 185 Å².